The smallest absolute Gasteiger partial charge is 0.229 e. The molecule has 0 spiro atoms. The van der Waals surface area contributed by atoms with Gasteiger partial charge in [0.15, 0.2) is 0 Å². The molecule has 1 saturated heterocycles. The molecule has 1 atom stereocenters. The van der Waals surface area contributed by atoms with Crippen molar-refractivity contribution >= 4 is 17.5 Å². The minimum atomic E-state index is -0.362. The first-order chi connectivity index (χ1) is 12.0. The first-order valence-corrected chi connectivity index (χ1v) is 8.47. The van der Waals surface area contributed by atoms with E-state index in [0.717, 1.165) is 17.7 Å². The summed E-state index contributed by atoms with van der Waals surface area (Å²) in [5.74, 6) is -0.855. The van der Waals surface area contributed by atoms with Crippen LogP contribution < -0.4 is 5.32 Å². The van der Waals surface area contributed by atoms with Crippen molar-refractivity contribution in [2.45, 2.75) is 26.3 Å². The number of carbonyl (C=O) groups is 2. The van der Waals surface area contributed by atoms with Gasteiger partial charge in [0, 0.05) is 25.2 Å². The van der Waals surface area contributed by atoms with Crippen molar-refractivity contribution in [1.82, 2.24) is 4.90 Å². The molecule has 1 N–H and O–H groups in total. The number of nitrogens with one attached hydrogen (secondary N) is 1. The van der Waals surface area contributed by atoms with Crippen LogP contribution in [0.5, 0.6) is 0 Å². The lowest BCUT2D eigenvalue weighted by molar-refractivity contribution is -0.128. The van der Waals surface area contributed by atoms with E-state index >= 15 is 0 Å². The van der Waals surface area contributed by atoms with Gasteiger partial charge in [-0.2, -0.15) is 0 Å². The highest BCUT2D eigenvalue weighted by molar-refractivity contribution is 5.97. The van der Waals surface area contributed by atoms with E-state index in [1.807, 2.05) is 24.3 Å². The van der Waals surface area contributed by atoms with Gasteiger partial charge in [-0.1, -0.05) is 31.2 Å². The molecule has 1 aliphatic rings. The first kappa shape index (κ1) is 17.1. The summed E-state index contributed by atoms with van der Waals surface area (Å²) in [6.07, 6.45) is 1.16. The van der Waals surface area contributed by atoms with Crippen LogP contribution in [0.25, 0.3) is 0 Å². The molecule has 25 heavy (non-hydrogen) atoms. The highest BCUT2D eigenvalue weighted by atomic mass is 19.1. The fourth-order valence-electron chi connectivity index (χ4n) is 2.98. The second-order valence-electron chi connectivity index (χ2n) is 6.34. The van der Waals surface area contributed by atoms with Crippen LogP contribution in [0.3, 0.4) is 0 Å². The molecular formula is C20H21FN2O2. The topological polar surface area (TPSA) is 49.4 Å². The quantitative estimate of drug-likeness (QED) is 0.907. The Hall–Kier alpha value is -2.69. The Morgan fingerprint density at radius 3 is 2.40 bits per heavy atom. The molecule has 0 radical (unpaired) electrons. The predicted octanol–water partition coefficient (Wildman–Crippen LogP) is 3.38. The van der Waals surface area contributed by atoms with Gasteiger partial charge >= 0.3 is 0 Å². The number of nitrogens with zero attached hydrogens (tertiary/aromatic N) is 1. The molecule has 1 aliphatic heterocycles. The van der Waals surface area contributed by atoms with E-state index in [9.17, 15) is 14.0 Å². The van der Waals surface area contributed by atoms with Gasteiger partial charge in [-0.3, -0.25) is 9.59 Å². The summed E-state index contributed by atoms with van der Waals surface area (Å²) in [5, 5.41) is 2.88. The molecule has 4 nitrogen and oxygen atoms in total. The van der Waals surface area contributed by atoms with Crippen molar-refractivity contribution in [2.24, 2.45) is 5.92 Å². The number of carbonyl (C=O) groups excluding carboxylic acids is 2. The van der Waals surface area contributed by atoms with Crippen LogP contribution in [-0.2, 0) is 22.6 Å². The molecule has 0 saturated carbocycles. The number of amides is 2. The van der Waals surface area contributed by atoms with E-state index in [2.05, 4.69) is 12.2 Å². The fourth-order valence-corrected chi connectivity index (χ4v) is 2.98. The van der Waals surface area contributed by atoms with Gasteiger partial charge in [0.05, 0.1) is 5.92 Å². The third-order valence-corrected chi connectivity index (χ3v) is 4.50. The number of hydrogen-bond acceptors (Lipinski definition) is 2. The van der Waals surface area contributed by atoms with Gasteiger partial charge < -0.3 is 10.2 Å². The van der Waals surface area contributed by atoms with Gasteiger partial charge in [-0.05, 0) is 41.8 Å². The van der Waals surface area contributed by atoms with Gasteiger partial charge in [0.25, 0.3) is 0 Å². The van der Waals surface area contributed by atoms with Crippen LogP contribution in [-0.4, -0.2) is 23.3 Å². The second kappa shape index (κ2) is 7.47. The Morgan fingerprint density at radius 1 is 1.12 bits per heavy atom. The molecule has 1 heterocycles. The SMILES string of the molecule is CCc1ccc(NC(=O)[C@@H]2CC(=O)N(Cc3ccc(F)cc3)C2)cc1. The van der Waals surface area contributed by atoms with Gasteiger partial charge in [0.2, 0.25) is 11.8 Å². The average Bonchev–Trinajstić information content (AvgIpc) is 2.98. The number of rotatable bonds is 5. The molecule has 2 amide bonds. The van der Waals surface area contributed by atoms with Crippen molar-refractivity contribution in [1.29, 1.82) is 0 Å². The van der Waals surface area contributed by atoms with Crippen LogP contribution >= 0.6 is 0 Å². The maximum atomic E-state index is 13.0. The summed E-state index contributed by atoms with van der Waals surface area (Å²) in [6, 6.07) is 13.8. The second-order valence-corrected chi connectivity index (χ2v) is 6.34. The molecule has 2 aromatic rings. The fraction of sp³-hybridized carbons (Fsp3) is 0.300. The number of halogens is 1. The Labute approximate surface area is 146 Å². The van der Waals surface area contributed by atoms with E-state index in [4.69, 9.17) is 0 Å². The van der Waals surface area contributed by atoms with E-state index < -0.39 is 0 Å². The largest absolute Gasteiger partial charge is 0.338 e. The monoisotopic (exact) mass is 340 g/mol. The normalized spacial score (nSPS) is 17.0. The van der Waals surface area contributed by atoms with Crippen molar-refractivity contribution in [3.8, 4) is 0 Å². The lowest BCUT2D eigenvalue weighted by atomic mass is 10.1. The molecule has 0 bridgehead atoms. The van der Waals surface area contributed by atoms with Crippen LogP contribution in [0.4, 0.5) is 10.1 Å². The van der Waals surface area contributed by atoms with Gasteiger partial charge in [-0.25, -0.2) is 4.39 Å². The van der Waals surface area contributed by atoms with Gasteiger partial charge in [0.1, 0.15) is 5.82 Å². The minimum Gasteiger partial charge on any atom is -0.338 e. The first-order valence-electron chi connectivity index (χ1n) is 8.47. The molecule has 0 aliphatic carbocycles. The highest BCUT2D eigenvalue weighted by Crippen LogP contribution is 2.22. The molecule has 1 fully saturated rings. The number of hydrogen-bond donors (Lipinski definition) is 1. The molecule has 130 valence electrons. The van der Waals surface area contributed by atoms with Crippen molar-refractivity contribution in [2.75, 3.05) is 11.9 Å². The van der Waals surface area contributed by atoms with Crippen LogP contribution in [0.1, 0.15) is 24.5 Å². The summed E-state index contributed by atoms with van der Waals surface area (Å²) in [6.45, 7) is 2.86. The zero-order valence-corrected chi connectivity index (χ0v) is 14.2. The zero-order chi connectivity index (χ0) is 17.8. The summed E-state index contributed by atoms with van der Waals surface area (Å²) < 4.78 is 13.0. The molecule has 0 unspecified atom stereocenters. The third kappa shape index (κ3) is 4.24. The Balaban J connectivity index is 1.59. The molecule has 3 rings (SSSR count). The molecule has 5 heteroatoms. The van der Waals surface area contributed by atoms with Crippen molar-refractivity contribution in [3.63, 3.8) is 0 Å². The van der Waals surface area contributed by atoms with Crippen molar-refractivity contribution in [3.05, 3.63) is 65.5 Å². The number of anilines is 1. The minimum absolute atomic E-state index is 0.0502. The average molecular weight is 340 g/mol. The summed E-state index contributed by atoms with van der Waals surface area (Å²) in [4.78, 5) is 26.2. The zero-order valence-electron chi connectivity index (χ0n) is 14.2. The standard InChI is InChI=1S/C20H21FN2O2/c1-2-14-5-9-18(10-6-14)22-20(25)16-11-19(24)23(13-16)12-15-3-7-17(21)8-4-15/h3-10,16H,2,11-13H2,1H3,(H,22,25)/t16-/m1/s1. The number of likely N-dealkylation sites (tertiary alicyclic amines) is 1. The summed E-state index contributed by atoms with van der Waals surface area (Å²) >= 11 is 0. The molecule has 2 aromatic carbocycles. The summed E-state index contributed by atoms with van der Waals surface area (Å²) in [5.41, 5.74) is 2.80. The van der Waals surface area contributed by atoms with Crippen molar-refractivity contribution < 1.29 is 14.0 Å². The van der Waals surface area contributed by atoms with Crippen LogP contribution in [0, 0.1) is 11.7 Å². The Kier molecular flexibility index (Phi) is 5.12. The highest BCUT2D eigenvalue weighted by Gasteiger charge is 2.34. The van der Waals surface area contributed by atoms with E-state index in [1.165, 1.54) is 17.7 Å². The third-order valence-electron chi connectivity index (χ3n) is 4.50. The Bertz CT molecular complexity index is 756. The molecule has 0 aromatic heterocycles. The van der Waals surface area contributed by atoms with E-state index in [1.54, 1.807) is 17.0 Å². The summed E-state index contributed by atoms with van der Waals surface area (Å²) in [7, 11) is 0. The van der Waals surface area contributed by atoms with Crippen LogP contribution in [0.2, 0.25) is 0 Å². The van der Waals surface area contributed by atoms with E-state index in [-0.39, 0.29) is 30.0 Å². The predicted molar refractivity (Wildman–Crippen MR) is 94.4 cm³/mol. The van der Waals surface area contributed by atoms with Gasteiger partial charge in [-0.15, -0.1) is 0 Å². The Morgan fingerprint density at radius 2 is 1.76 bits per heavy atom. The maximum absolute atomic E-state index is 13.0. The number of benzene rings is 2. The maximum Gasteiger partial charge on any atom is 0.229 e. The van der Waals surface area contributed by atoms with Crippen LogP contribution in [0.15, 0.2) is 48.5 Å². The molecular weight excluding hydrogens is 319 g/mol. The lowest BCUT2D eigenvalue weighted by Crippen LogP contribution is -2.28. The van der Waals surface area contributed by atoms with E-state index in [0.29, 0.717) is 13.1 Å². The number of aryl methyl sites for hydroxylation is 1. The lowest BCUT2D eigenvalue weighted by Gasteiger charge is -2.16.